The van der Waals surface area contributed by atoms with Gasteiger partial charge in [-0.15, -0.1) is 12.4 Å². The molecule has 1 aliphatic carbocycles. The van der Waals surface area contributed by atoms with Gasteiger partial charge >= 0.3 is 5.97 Å². The van der Waals surface area contributed by atoms with Crippen molar-refractivity contribution in [3.63, 3.8) is 0 Å². The third-order valence-electron chi connectivity index (χ3n) is 4.81. The van der Waals surface area contributed by atoms with Crippen LogP contribution in [0.5, 0.6) is 0 Å². The quantitative estimate of drug-likeness (QED) is 0.750. The van der Waals surface area contributed by atoms with Crippen LogP contribution < -0.4 is 5.32 Å². The van der Waals surface area contributed by atoms with Crippen LogP contribution in [0.4, 0.5) is 0 Å². The number of nitrogens with one attached hydrogen (secondary N) is 1. The van der Waals surface area contributed by atoms with E-state index in [2.05, 4.69) is 19.2 Å². The molecule has 130 valence electrons. The molecule has 0 aliphatic heterocycles. The lowest BCUT2D eigenvalue weighted by Gasteiger charge is -2.36. The second-order valence-corrected chi connectivity index (χ2v) is 6.42. The summed E-state index contributed by atoms with van der Waals surface area (Å²) in [6.45, 7) is 8.76. The standard InChI is InChI=1S/C16H30N2O3.ClH/c1-5-9-18(10-15(19)20)13(4)16(21)17-14-8-6-7-11(2)12(14)3;/h11-14H,5-10H2,1-4H3,(H,17,21)(H,19,20);1H. The van der Waals surface area contributed by atoms with Crippen LogP contribution in [0.1, 0.15) is 53.4 Å². The van der Waals surface area contributed by atoms with E-state index in [0.717, 1.165) is 19.3 Å². The number of nitrogens with zero attached hydrogens (tertiary/aromatic N) is 1. The topological polar surface area (TPSA) is 69.6 Å². The van der Waals surface area contributed by atoms with Gasteiger partial charge in [0.25, 0.3) is 0 Å². The van der Waals surface area contributed by atoms with Crippen LogP contribution in [0.3, 0.4) is 0 Å². The van der Waals surface area contributed by atoms with Gasteiger partial charge in [-0.1, -0.05) is 33.6 Å². The first-order chi connectivity index (χ1) is 9.86. The molecule has 0 bridgehead atoms. The zero-order chi connectivity index (χ0) is 16.0. The van der Waals surface area contributed by atoms with Crippen LogP contribution in [0.15, 0.2) is 0 Å². The van der Waals surface area contributed by atoms with Gasteiger partial charge < -0.3 is 10.4 Å². The van der Waals surface area contributed by atoms with Gasteiger partial charge in [-0.25, -0.2) is 0 Å². The fourth-order valence-electron chi connectivity index (χ4n) is 3.13. The lowest BCUT2D eigenvalue weighted by molar-refractivity contribution is -0.140. The van der Waals surface area contributed by atoms with Crippen molar-refractivity contribution in [3.8, 4) is 0 Å². The molecular weight excluding hydrogens is 304 g/mol. The summed E-state index contributed by atoms with van der Waals surface area (Å²) in [5.41, 5.74) is 0. The number of rotatable bonds is 7. The van der Waals surface area contributed by atoms with Crippen LogP contribution in [0.2, 0.25) is 0 Å². The van der Waals surface area contributed by atoms with Gasteiger partial charge in [0.05, 0.1) is 12.6 Å². The van der Waals surface area contributed by atoms with Gasteiger partial charge in [0.2, 0.25) is 5.91 Å². The van der Waals surface area contributed by atoms with Crippen molar-refractivity contribution >= 4 is 24.3 Å². The molecule has 1 rings (SSSR count). The summed E-state index contributed by atoms with van der Waals surface area (Å²) in [7, 11) is 0. The molecule has 0 heterocycles. The first-order valence-corrected chi connectivity index (χ1v) is 8.13. The largest absolute Gasteiger partial charge is 0.480 e. The predicted molar refractivity (Wildman–Crippen MR) is 90.3 cm³/mol. The van der Waals surface area contributed by atoms with E-state index in [1.165, 1.54) is 6.42 Å². The van der Waals surface area contributed by atoms with Crippen molar-refractivity contribution in [1.29, 1.82) is 0 Å². The molecule has 0 aromatic carbocycles. The Morgan fingerprint density at radius 2 is 1.95 bits per heavy atom. The highest BCUT2D eigenvalue weighted by atomic mass is 35.5. The minimum Gasteiger partial charge on any atom is -0.480 e. The monoisotopic (exact) mass is 334 g/mol. The van der Waals surface area contributed by atoms with Gasteiger partial charge in [0, 0.05) is 6.04 Å². The number of hydrogen-bond donors (Lipinski definition) is 2. The van der Waals surface area contributed by atoms with Crippen LogP contribution in [0, 0.1) is 11.8 Å². The fourth-order valence-corrected chi connectivity index (χ4v) is 3.13. The Balaban J connectivity index is 0.00000441. The molecule has 5 nitrogen and oxygen atoms in total. The van der Waals surface area contributed by atoms with Crippen molar-refractivity contribution in [2.24, 2.45) is 11.8 Å². The maximum atomic E-state index is 12.4. The number of amides is 1. The molecule has 0 saturated heterocycles. The molecule has 0 radical (unpaired) electrons. The number of halogens is 1. The van der Waals surface area contributed by atoms with Gasteiger partial charge in [0.1, 0.15) is 0 Å². The van der Waals surface area contributed by atoms with E-state index in [1.807, 2.05) is 6.92 Å². The number of carboxylic acids is 1. The fraction of sp³-hybridized carbons (Fsp3) is 0.875. The maximum absolute atomic E-state index is 12.4. The highest BCUT2D eigenvalue weighted by molar-refractivity contribution is 5.85. The maximum Gasteiger partial charge on any atom is 0.317 e. The Morgan fingerprint density at radius 3 is 2.50 bits per heavy atom. The van der Waals surface area contributed by atoms with E-state index in [1.54, 1.807) is 11.8 Å². The lowest BCUT2D eigenvalue weighted by Crippen LogP contribution is -2.52. The highest BCUT2D eigenvalue weighted by Crippen LogP contribution is 2.29. The highest BCUT2D eigenvalue weighted by Gasteiger charge is 2.30. The third-order valence-corrected chi connectivity index (χ3v) is 4.81. The van der Waals surface area contributed by atoms with Gasteiger partial charge in [0.15, 0.2) is 0 Å². The second kappa shape index (κ2) is 10.1. The van der Waals surface area contributed by atoms with E-state index in [0.29, 0.717) is 18.4 Å². The molecule has 4 atom stereocenters. The number of carboxylic acid groups (broad SMARTS) is 1. The molecule has 0 aromatic rings. The number of hydrogen-bond acceptors (Lipinski definition) is 3. The summed E-state index contributed by atoms with van der Waals surface area (Å²) < 4.78 is 0. The van der Waals surface area contributed by atoms with Crippen molar-refractivity contribution in [1.82, 2.24) is 10.2 Å². The summed E-state index contributed by atoms with van der Waals surface area (Å²) in [4.78, 5) is 25.1. The van der Waals surface area contributed by atoms with Gasteiger partial charge in [-0.2, -0.15) is 0 Å². The van der Waals surface area contributed by atoms with E-state index in [4.69, 9.17) is 5.11 Å². The Bertz CT molecular complexity index is 365. The van der Waals surface area contributed by atoms with Gasteiger partial charge in [-0.3, -0.25) is 14.5 Å². The molecule has 2 N–H and O–H groups in total. The van der Waals surface area contributed by atoms with Crippen LogP contribution >= 0.6 is 12.4 Å². The first-order valence-electron chi connectivity index (χ1n) is 8.13. The molecule has 1 saturated carbocycles. The number of carbonyl (C=O) groups is 2. The van der Waals surface area contributed by atoms with Crippen molar-refractivity contribution < 1.29 is 14.7 Å². The summed E-state index contributed by atoms with van der Waals surface area (Å²) in [6, 6.07) is -0.178. The van der Waals surface area contributed by atoms with Crippen molar-refractivity contribution in [2.45, 2.75) is 65.5 Å². The van der Waals surface area contributed by atoms with Crippen LogP contribution in [-0.4, -0.2) is 47.1 Å². The Hall–Kier alpha value is -0.810. The SMILES string of the molecule is CCCN(CC(=O)O)C(C)C(=O)NC1CCCC(C)C1C.Cl. The number of carbonyl (C=O) groups excluding carboxylic acids is 1. The average molecular weight is 335 g/mol. The predicted octanol–water partition coefficient (Wildman–Crippen LogP) is 2.53. The summed E-state index contributed by atoms with van der Waals surface area (Å²) >= 11 is 0. The Labute approximate surface area is 140 Å². The molecule has 0 spiro atoms. The molecule has 6 heteroatoms. The van der Waals surface area contributed by atoms with Crippen molar-refractivity contribution in [3.05, 3.63) is 0 Å². The second-order valence-electron chi connectivity index (χ2n) is 6.42. The summed E-state index contributed by atoms with van der Waals surface area (Å²) in [6.07, 6.45) is 4.24. The smallest absolute Gasteiger partial charge is 0.317 e. The van der Waals surface area contributed by atoms with E-state index < -0.39 is 12.0 Å². The summed E-state index contributed by atoms with van der Waals surface area (Å²) in [5, 5.41) is 12.1. The zero-order valence-electron chi connectivity index (χ0n) is 14.2. The van der Waals surface area contributed by atoms with E-state index >= 15 is 0 Å². The van der Waals surface area contributed by atoms with Crippen LogP contribution in [0.25, 0.3) is 0 Å². The number of aliphatic carboxylic acids is 1. The molecule has 22 heavy (non-hydrogen) atoms. The molecule has 4 unspecified atom stereocenters. The lowest BCUT2D eigenvalue weighted by atomic mass is 9.78. The van der Waals surface area contributed by atoms with Crippen molar-refractivity contribution in [2.75, 3.05) is 13.1 Å². The van der Waals surface area contributed by atoms with E-state index in [-0.39, 0.29) is 30.9 Å². The minimum absolute atomic E-state index is 0. The molecule has 1 fully saturated rings. The molecule has 1 aliphatic rings. The molecule has 1 amide bonds. The summed E-state index contributed by atoms with van der Waals surface area (Å²) in [5.74, 6) is 0.178. The Kier molecular flexibility index (Phi) is 9.69. The first kappa shape index (κ1) is 21.2. The average Bonchev–Trinajstić information content (AvgIpc) is 2.42. The van der Waals surface area contributed by atoms with E-state index in [9.17, 15) is 9.59 Å². The Morgan fingerprint density at radius 1 is 1.32 bits per heavy atom. The van der Waals surface area contributed by atoms with Crippen LogP contribution in [-0.2, 0) is 9.59 Å². The third kappa shape index (κ3) is 6.13. The minimum atomic E-state index is -0.886. The molecular formula is C16H31ClN2O3. The zero-order valence-corrected chi connectivity index (χ0v) is 15.0. The van der Waals surface area contributed by atoms with Gasteiger partial charge in [-0.05, 0) is 38.1 Å². The normalized spacial score (nSPS) is 26.1. The molecule has 0 aromatic heterocycles.